The lowest BCUT2D eigenvalue weighted by atomic mass is 10.2. The van der Waals surface area contributed by atoms with Crippen molar-refractivity contribution in [2.45, 2.75) is 18.3 Å². The molecule has 1 aliphatic heterocycles. The number of carbonyl (C=O) groups excluding carboxylic acids is 1. The largest absolute Gasteiger partial charge is 0.460 e. The van der Waals surface area contributed by atoms with Crippen LogP contribution >= 0.6 is 0 Å². The summed E-state index contributed by atoms with van der Waals surface area (Å²) >= 11 is 0. The summed E-state index contributed by atoms with van der Waals surface area (Å²) in [6.45, 7) is 0.124. The van der Waals surface area contributed by atoms with E-state index in [0.717, 1.165) is 5.56 Å². The summed E-state index contributed by atoms with van der Waals surface area (Å²) in [6.07, 6.45) is 0.163. The maximum absolute atomic E-state index is 11.6. The Morgan fingerprint density at radius 1 is 1.35 bits per heavy atom. The molecule has 0 saturated carbocycles. The lowest BCUT2D eigenvalue weighted by molar-refractivity contribution is -0.144. The normalized spacial score (nSPS) is 22.2. The molecule has 0 aliphatic carbocycles. The van der Waals surface area contributed by atoms with Crippen molar-refractivity contribution in [3.05, 3.63) is 35.9 Å². The van der Waals surface area contributed by atoms with Crippen molar-refractivity contribution in [2.75, 3.05) is 6.61 Å². The molecule has 1 saturated heterocycles. The summed E-state index contributed by atoms with van der Waals surface area (Å²) in [5, 5.41) is -1.17. The third kappa shape index (κ3) is 2.83. The Balaban J connectivity index is 1.94. The maximum atomic E-state index is 11.6. The topological polar surface area (TPSA) is 69.7 Å². The van der Waals surface area contributed by atoms with Crippen LogP contribution < -0.4 is 0 Å². The van der Waals surface area contributed by atoms with Crippen LogP contribution in [0.5, 0.6) is 0 Å². The zero-order valence-electron chi connectivity index (χ0n) is 9.03. The quantitative estimate of drug-likeness (QED) is 0.592. The Morgan fingerprint density at radius 3 is 2.65 bits per heavy atom. The van der Waals surface area contributed by atoms with E-state index in [4.69, 9.17) is 4.74 Å². The van der Waals surface area contributed by atoms with Gasteiger partial charge in [-0.25, -0.2) is 0 Å². The Hall–Kier alpha value is -1.40. The molecule has 92 valence electrons. The van der Waals surface area contributed by atoms with Gasteiger partial charge in [0.15, 0.2) is 5.25 Å². The third-order valence-corrected chi connectivity index (χ3v) is 4.08. The van der Waals surface area contributed by atoms with Gasteiger partial charge in [0, 0.05) is 6.42 Å². The molecule has 1 aromatic rings. The number of hydrogen-bond acceptors (Lipinski definition) is 5. The van der Waals surface area contributed by atoms with Crippen LogP contribution in [0.4, 0.5) is 0 Å². The van der Waals surface area contributed by atoms with Crippen LogP contribution in [0.25, 0.3) is 0 Å². The van der Waals surface area contributed by atoms with Crippen LogP contribution in [0.2, 0.25) is 0 Å². The summed E-state index contributed by atoms with van der Waals surface area (Å²) in [5.74, 6) is -0.744. The predicted octanol–water partition coefficient (Wildman–Crippen LogP) is 0.849. The lowest BCUT2D eigenvalue weighted by Gasteiger charge is -2.08. The average molecular weight is 256 g/mol. The molecule has 0 spiro atoms. The zero-order valence-corrected chi connectivity index (χ0v) is 9.85. The molecule has 0 amide bonds. The molecule has 6 heteroatoms. The highest BCUT2D eigenvalue weighted by Crippen LogP contribution is 2.19. The monoisotopic (exact) mass is 256 g/mol. The molecule has 0 radical (unpaired) electrons. The van der Waals surface area contributed by atoms with E-state index >= 15 is 0 Å². The van der Waals surface area contributed by atoms with Gasteiger partial charge in [-0.2, -0.15) is 8.42 Å². The molecule has 5 nitrogen and oxygen atoms in total. The Bertz CT molecular complexity index is 494. The van der Waals surface area contributed by atoms with Gasteiger partial charge in [0.2, 0.25) is 0 Å². The highest BCUT2D eigenvalue weighted by molar-refractivity contribution is 7.88. The second-order valence-corrected chi connectivity index (χ2v) is 5.48. The van der Waals surface area contributed by atoms with Gasteiger partial charge in [0.05, 0.1) is 6.61 Å². The molecule has 0 N–H and O–H groups in total. The number of esters is 1. The maximum Gasteiger partial charge on any atom is 0.327 e. The summed E-state index contributed by atoms with van der Waals surface area (Å²) in [7, 11) is -3.77. The molecule has 0 aromatic heterocycles. The fourth-order valence-electron chi connectivity index (χ4n) is 1.56. The van der Waals surface area contributed by atoms with Gasteiger partial charge < -0.3 is 4.74 Å². The smallest absolute Gasteiger partial charge is 0.327 e. The fraction of sp³-hybridized carbons (Fsp3) is 0.364. The summed E-state index contributed by atoms with van der Waals surface area (Å²) < 4.78 is 32.0. The second kappa shape index (κ2) is 4.85. The first-order valence-electron chi connectivity index (χ1n) is 5.18. The predicted molar refractivity (Wildman–Crippen MR) is 59.5 cm³/mol. The molecule has 1 unspecified atom stereocenters. The van der Waals surface area contributed by atoms with Crippen molar-refractivity contribution < 1.29 is 22.1 Å². The highest BCUT2D eigenvalue weighted by Gasteiger charge is 2.40. The fourth-order valence-corrected chi connectivity index (χ4v) is 2.74. The first kappa shape index (κ1) is 12.1. The van der Waals surface area contributed by atoms with E-state index in [1.165, 1.54) is 0 Å². The third-order valence-electron chi connectivity index (χ3n) is 2.46. The molecule has 17 heavy (non-hydrogen) atoms. The summed E-state index contributed by atoms with van der Waals surface area (Å²) in [4.78, 5) is 11.6. The number of rotatable bonds is 3. The Labute approximate surface area is 99.5 Å². The van der Waals surface area contributed by atoms with Gasteiger partial charge in [-0.3, -0.25) is 8.98 Å². The molecular formula is C11H12O5S. The van der Waals surface area contributed by atoms with E-state index < -0.39 is 21.3 Å². The standard InChI is InChI=1S/C11H12O5S/c12-11(10-6-7-16-17(10,13)14)15-8-9-4-2-1-3-5-9/h1-5,10H,6-8H2. The number of ether oxygens (including phenoxy) is 1. The van der Waals surface area contributed by atoms with Crippen molar-refractivity contribution in [3.8, 4) is 0 Å². The minimum atomic E-state index is -3.77. The molecule has 1 aromatic carbocycles. The van der Waals surface area contributed by atoms with Gasteiger partial charge in [-0.1, -0.05) is 30.3 Å². The Morgan fingerprint density at radius 2 is 2.06 bits per heavy atom. The van der Waals surface area contributed by atoms with E-state index in [-0.39, 0.29) is 19.6 Å². The number of hydrogen-bond donors (Lipinski definition) is 0. The van der Waals surface area contributed by atoms with Crippen LogP contribution in [0.3, 0.4) is 0 Å². The van der Waals surface area contributed by atoms with Gasteiger partial charge in [-0.15, -0.1) is 0 Å². The van der Waals surface area contributed by atoms with Crippen molar-refractivity contribution in [1.82, 2.24) is 0 Å². The molecule has 1 aliphatic rings. The van der Waals surface area contributed by atoms with Crippen LogP contribution in [0.1, 0.15) is 12.0 Å². The average Bonchev–Trinajstić information content (AvgIpc) is 2.67. The van der Waals surface area contributed by atoms with Gasteiger partial charge >= 0.3 is 5.97 Å². The van der Waals surface area contributed by atoms with Crippen molar-refractivity contribution in [2.24, 2.45) is 0 Å². The van der Waals surface area contributed by atoms with E-state index in [1.807, 2.05) is 18.2 Å². The highest BCUT2D eigenvalue weighted by atomic mass is 32.2. The van der Waals surface area contributed by atoms with E-state index in [2.05, 4.69) is 4.18 Å². The Kier molecular flexibility index (Phi) is 3.44. The van der Waals surface area contributed by atoms with E-state index in [0.29, 0.717) is 0 Å². The number of carbonyl (C=O) groups is 1. The summed E-state index contributed by atoms with van der Waals surface area (Å²) in [6, 6.07) is 9.08. The van der Waals surface area contributed by atoms with Gasteiger partial charge in [0.1, 0.15) is 6.61 Å². The molecular weight excluding hydrogens is 244 g/mol. The lowest BCUT2D eigenvalue weighted by Crippen LogP contribution is -2.27. The van der Waals surface area contributed by atoms with E-state index in [1.54, 1.807) is 12.1 Å². The van der Waals surface area contributed by atoms with Gasteiger partial charge in [-0.05, 0) is 5.56 Å². The zero-order chi connectivity index (χ0) is 12.3. The van der Waals surface area contributed by atoms with Crippen LogP contribution in [-0.4, -0.2) is 26.2 Å². The second-order valence-electron chi connectivity index (χ2n) is 3.69. The van der Waals surface area contributed by atoms with E-state index in [9.17, 15) is 13.2 Å². The van der Waals surface area contributed by atoms with Crippen LogP contribution in [-0.2, 0) is 30.4 Å². The number of benzene rings is 1. The van der Waals surface area contributed by atoms with Crippen LogP contribution in [0, 0.1) is 0 Å². The van der Waals surface area contributed by atoms with Crippen molar-refractivity contribution in [3.63, 3.8) is 0 Å². The van der Waals surface area contributed by atoms with Gasteiger partial charge in [0.25, 0.3) is 10.1 Å². The van der Waals surface area contributed by atoms with Crippen molar-refractivity contribution >= 4 is 16.1 Å². The molecule has 1 atom stereocenters. The molecule has 2 rings (SSSR count). The first-order valence-corrected chi connectivity index (χ1v) is 6.65. The molecule has 1 fully saturated rings. The van der Waals surface area contributed by atoms with Crippen LogP contribution in [0.15, 0.2) is 30.3 Å². The SMILES string of the molecule is O=C(OCc1ccccc1)C1CCOS1(=O)=O. The summed E-state index contributed by atoms with van der Waals surface area (Å²) in [5.41, 5.74) is 0.817. The first-order chi connectivity index (χ1) is 8.09. The minimum Gasteiger partial charge on any atom is -0.460 e. The molecule has 0 bridgehead atoms. The minimum absolute atomic E-state index is 0.0490. The molecule has 1 heterocycles. The van der Waals surface area contributed by atoms with Crippen molar-refractivity contribution in [1.29, 1.82) is 0 Å².